The van der Waals surface area contributed by atoms with Crippen LogP contribution in [0.15, 0.2) is 85.1 Å². The molecule has 0 radical (unpaired) electrons. The zero-order valence-corrected chi connectivity index (χ0v) is 40.9. The van der Waals surface area contributed by atoms with Gasteiger partial charge in [-0.1, -0.05) is 228 Å². The quantitative estimate of drug-likeness (QED) is 0.0346. The molecule has 356 valence electrons. The Bertz CT molecular complexity index is 1160. The summed E-state index contributed by atoms with van der Waals surface area (Å²) in [5.74, 6) is -0.458. The van der Waals surface area contributed by atoms with Crippen molar-refractivity contribution in [1.29, 1.82) is 0 Å². The molecule has 0 amide bonds. The highest BCUT2D eigenvalue weighted by Gasteiger charge is 2.17. The van der Waals surface area contributed by atoms with Crippen molar-refractivity contribution in [2.45, 2.75) is 245 Å². The molecule has 0 saturated carbocycles. The third-order valence-corrected chi connectivity index (χ3v) is 10.9. The monoisotopic (exact) mass is 863 g/mol. The fourth-order valence-electron chi connectivity index (χ4n) is 7.12. The van der Waals surface area contributed by atoms with Crippen LogP contribution in [0.5, 0.6) is 0 Å². The lowest BCUT2D eigenvalue weighted by Crippen LogP contribution is -2.30. The Morgan fingerprint density at radius 3 is 1.16 bits per heavy atom. The van der Waals surface area contributed by atoms with Crippen LogP contribution in [-0.4, -0.2) is 37.9 Å². The molecular formula is C57H98O5. The Balaban J connectivity index is 4.31. The van der Waals surface area contributed by atoms with Gasteiger partial charge in [-0.2, -0.15) is 0 Å². The average molecular weight is 863 g/mol. The lowest BCUT2D eigenvalue weighted by atomic mass is 10.0. The van der Waals surface area contributed by atoms with Gasteiger partial charge in [-0.3, -0.25) is 9.59 Å². The lowest BCUT2D eigenvalue weighted by Gasteiger charge is -2.18. The van der Waals surface area contributed by atoms with Gasteiger partial charge in [-0.25, -0.2) is 0 Å². The Morgan fingerprint density at radius 2 is 0.726 bits per heavy atom. The van der Waals surface area contributed by atoms with Gasteiger partial charge in [0.15, 0.2) is 6.10 Å². The van der Waals surface area contributed by atoms with Crippen molar-refractivity contribution in [3.63, 3.8) is 0 Å². The van der Waals surface area contributed by atoms with Gasteiger partial charge in [-0.05, 0) is 83.5 Å². The second kappa shape index (κ2) is 52.4. The van der Waals surface area contributed by atoms with Crippen LogP contribution in [0.4, 0.5) is 0 Å². The minimum atomic E-state index is -0.581. The van der Waals surface area contributed by atoms with E-state index in [1.807, 2.05) is 0 Å². The van der Waals surface area contributed by atoms with Gasteiger partial charge < -0.3 is 14.2 Å². The van der Waals surface area contributed by atoms with Crippen molar-refractivity contribution in [2.24, 2.45) is 0 Å². The SMILES string of the molecule is CC/C=C\C/C=C\C/C=C\C/C=C\CCCOCC(COC(=O)CCCCCCCCCCCCCCCCCCCCC)OC(=O)CCCCC/C=C\C/C=C\C/C=C\CC. The lowest BCUT2D eigenvalue weighted by molar-refractivity contribution is -0.163. The molecular weight excluding hydrogens is 765 g/mol. The predicted octanol–water partition coefficient (Wildman–Crippen LogP) is 17.7. The minimum Gasteiger partial charge on any atom is -0.462 e. The molecule has 62 heavy (non-hydrogen) atoms. The number of allylic oxidation sites excluding steroid dienone is 14. The summed E-state index contributed by atoms with van der Waals surface area (Å²) in [5, 5.41) is 0. The number of hydrogen-bond acceptors (Lipinski definition) is 5. The molecule has 5 nitrogen and oxygen atoms in total. The van der Waals surface area contributed by atoms with E-state index in [-0.39, 0.29) is 25.2 Å². The number of ether oxygens (including phenoxy) is 3. The van der Waals surface area contributed by atoms with Gasteiger partial charge in [0.2, 0.25) is 0 Å². The van der Waals surface area contributed by atoms with Crippen LogP contribution in [0.3, 0.4) is 0 Å². The number of esters is 2. The van der Waals surface area contributed by atoms with Crippen LogP contribution < -0.4 is 0 Å². The maximum Gasteiger partial charge on any atom is 0.306 e. The van der Waals surface area contributed by atoms with Crippen LogP contribution >= 0.6 is 0 Å². The largest absolute Gasteiger partial charge is 0.462 e. The maximum absolute atomic E-state index is 12.8. The molecule has 0 saturated heterocycles. The van der Waals surface area contributed by atoms with Gasteiger partial charge in [0, 0.05) is 19.4 Å². The molecule has 0 aliphatic heterocycles. The summed E-state index contributed by atoms with van der Waals surface area (Å²) in [4.78, 5) is 25.4. The maximum atomic E-state index is 12.8. The molecule has 0 N–H and O–H groups in total. The van der Waals surface area contributed by atoms with Crippen molar-refractivity contribution in [2.75, 3.05) is 19.8 Å². The molecule has 0 aromatic carbocycles. The topological polar surface area (TPSA) is 61.8 Å². The summed E-state index contributed by atoms with van der Waals surface area (Å²) >= 11 is 0. The second-order valence-electron chi connectivity index (χ2n) is 17.0. The zero-order chi connectivity index (χ0) is 44.9. The molecule has 0 spiro atoms. The van der Waals surface area contributed by atoms with E-state index in [1.54, 1.807) is 0 Å². The molecule has 0 rings (SSSR count). The van der Waals surface area contributed by atoms with E-state index in [1.165, 1.54) is 109 Å². The first kappa shape index (κ1) is 59.1. The molecule has 0 heterocycles. The number of hydrogen-bond donors (Lipinski definition) is 0. The van der Waals surface area contributed by atoms with Crippen LogP contribution in [-0.2, 0) is 23.8 Å². The van der Waals surface area contributed by atoms with Crippen molar-refractivity contribution in [3.8, 4) is 0 Å². The Hall–Kier alpha value is -2.92. The van der Waals surface area contributed by atoms with E-state index in [0.29, 0.717) is 19.4 Å². The predicted molar refractivity (Wildman–Crippen MR) is 270 cm³/mol. The molecule has 0 aromatic rings. The molecule has 0 aliphatic rings. The smallest absolute Gasteiger partial charge is 0.306 e. The van der Waals surface area contributed by atoms with E-state index in [0.717, 1.165) is 96.3 Å². The van der Waals surface area contributed by atoms with Gasteiger partial charge >= 0.3 is 11.9 Å². The molecule has 0 aliphatic carbocycles. The fraction of sp³-hybridized carbons (Fsp3) is 0.719. The summed E-state index contributed by atoms with van der Waals surface area (Å²) in [6.07, 6.45) is 69.0. The normalized spacial score (nSPS) is 12.9. The van der Waals surface area contributed by atoms with Crippen molar-refractivity contribution >= 4 is 11.9 Å². The van der Waals surface area contributed by atoms with Crippen molar-refractivity contribution in [3.05, 3.63) is 85.1 Å². The molecule has 0 fully saturated rings. The zero-order valence-electron chi connectivity index (χ0n) is 40.9. The molecule has 0 aromatic heterocycles. The van der Waals surface area contributed by atoms with Gasteiger partial charge in [-0.15, -0.1) is 0 Å². The summed E-state index contributed by atoms with van der Waals surface area (Å²) in [6, 6.07) is 0. The van der Waals surface area contributed by atoms with E-state index in [2.05, 4.69) is 106 Å². The average Bonchev–Trinajstić information content (AvgIpc) is 3.27. The number of carbonyl (C=O) groups excluding carboxylic acids is 2. The van der Waals surface area contributed by atoms with Gasteiger partial charge in [0.1, 0.15) is 6.61 Å². The summed E-state index contributed by atoms with van der Waals surface area (Å²) in [6.45, 7) is 7.45. The number of rotatable bonds is 47. The highest BCUT2D eigenvalue weighted by Crippen LogP contribution is 2.15. The minimum absolute atomic E-state index is 0.0503. The molecule has 0 bridgehead atoms. The summed E-state index contributed by atoms with van der Waals surface area (Å²) < 4.78 is 17.3. The summed E-state index contributed by atoms with van der Waals surface area (Å²) in [7, 11) is 0. The Kier molecular flexibility index (Phi) is 50.0. The van der Waals surface area contributed by atoms with Crippen molar-refractivity contribution in [1.82, 2.24) is 0 Å². The third-order valence-electron chi connectivity index (χ3n) is 10.9. The molecule has 1 atom stereocenters. The molecule has 1 unspecified atom stereocenters. The van der Waals surface area contributed by atoms with Crippen LogP contribution in [0, 0.1) is 0 Å². The first-order valence-corrected chi connectivity index (χ1v) is 26.1. The van der Waals surface area contributed by atoms with Gasteiger partial charge in [0.05, 0.1) is 6.61 Å². The highest BCUT2D eigenvalue weighted by molar-refractivity contribution is 5.70. The number of carbonyl (C=O) groups is 2. The summed E-state index contributed by atoms with van der Waals surface area (Å²) in [5.41, 5.74) is 0. The van der Waals surface area contributed by atoms with Crippen LogP contribution in [0.1, 0.15) is 239 Å². The van der Waals surface area contributed by atoms with Crippen LogP contribution in [0.25, 0.3) is 0 Å². The fourth-order valence-corrected chi connectivity index (χ4v) is 7.12. The Labute approximate surface area is 384 Å². The van der Waals surface area contributed by atoms with E-state index < -0.39 is 6.10 Å². The van der Waals surface area contributed by atoms with E-state index in [4.69, 9.17) is 14.2 Å². The Morgan fingerprint density at radius 1 is 0.371 bits per heavy atom. The first-order chi connectivity index (χ1) is 30.6. The number of unbranched alkanes of at least 4 members (excludes halogenated alkanes) is 22. The van der Waals surface area contributed by atoms with Gasteiger partial charge in [0.25, 0.3) is 0 Å². The second-order valence-corrected chi connectivity index (χ2v) is 17.0. The van der Waals surface area contributed by atoms with E-state index in [9.17, 15) is 9.59 Å². The standard InChI is InChI=1S/C57H98O5/c1-4-7-10-13-16-19-22-25-27-28-29-30-31-33-35-38-41-44-47-50-56(58)61-54-55(53-60-52-49-46-43-40-37-34-26-23-20-17-14-11-8-5-2)62-57(59)51-48-45-42-39-36-32-24-21-18-15-12-9-6-3/h8-9,11-12,17-18,20-21,26,32,34,36,40,43,55H,4-7,10,13-16,19,22-25,27-31,33,35,37-39,41-42,44-54H2,1-3H3/b11-8-,12-9-,20-17-,21-18-,34-26-,36-32-,43-40-. The first-order valence-electron chi connectivity index (χ1n) is 26.1. The van der Waals surface area contributed by atoms with Crippen molar-refractivity contribution < 1.29 is 23.8 Å². The van der Waals surface area contributed by atoms with Crippen LogP contribution in [0.2, 0.25) is 0 Å². The molecule has 5 heteroatoms. The third kappa shape index (κ3) is 49.7. The highest BCUT2D eigenvalue weighted by atomic mass is 16.6. The van der Waals surface area contributed by atoms with E-state index >= 15 is 0 Å².